The monoisotopic (exact) mass is 276 g/mol. The summed E-state index contributed by atoms with van der Waals surface area (Å²) in [7, 11) is 0. The van der Waals surface area contributed by atoms with Crippen LogP contribution in [0.4, 0.5) is 11.4 Å². The summed E-state index contributed by atoms with van der Waals surface area (Å²) in [5, 5.41) is 25.2. The van der Waals surface area contributed by atoms with E-state index < -0.39 is 4.92 Å². The third kappa shape index (κ3) is 4.03. The molecule has 0 radical (unpaired) electrons. The van der Waals surface area contributed by atoms with Gasteiger partial charge < -0.3 is 10.6 Å². The van der Waals surface area contributed by atoms with E-state index in [1.807, 2.05) is 13.0 Å². The number of anilines is 1. The molecule has 0 aliphatic carbocycles. The van der Waals surface area contributed by atoms with Gasteiger partial charge in [-0.1, -0.05) is 13.8 Å². The smallest absolute Gasteiger partial charge is 0.294 e. The average molecular weight is 276 g/mol. The Kier molecular flexibility index (Phi) is 5.62. The number of amides is 1. The molecule has 20 heavy (non-hydrogen) atoms. The van der Waals surface area contributed by atoms with Crippen LogP contribution in [0.15, 0.2) is 18.2 Å². The zero-order chi connectivity index (χ0) is 15.1. The van der Waals surface area contributed by atoms with Gasteiger partial charge in [0.15, 0.2) is 0 Å². The largest absolute Gasteiger partial charge is 0.320 e. The number of hydrogen-bond donors (Lipinski definition) is 2. The van der Waals surface area contributed by atoms with E-state index in [0.29, 0.717) is 6.54 Å². The van der Waals surface area contributed by atoms with Gasteiger partial charge in [-0.2, -0.15) is 5.26 Å². The summed E-state index contributed by atoms with van der Waals surface area (Å²) in [6, 6.07) is 5.77. The molecule has 0 aliphatic rings. The number of carbonyl (C=O) groups is 1. The highest BCUT2D eigenvalue weighted by atomic mass is 16.6. The summed E-state index contributed by atoms with van der Waals surface area (Å²) in [6.45, 7) is 4.89. The van der Waals surface area contributed by atoms with Gasteiger partial charge in [-0.15, -0.1) is 0 Å². The highest BCUT2D eigenvalue weighted by Crippen LogP contribution is 2.25. The van der Waals surface area contributed by atoms with Gasteiger partial charge in [-0.05, 0) is 18.7 Å². The zero-order valence-electron chi connectivity index (χ0n) is 11.3. The molecule has 1 amide bonds. The number of nitrogens with zero attached hydrogens (tertiary/aromatic N) is 2. The van der Waals surface area contributed by atoms with E-state index in [1.165, 1.54) is 12.1 Å². The van der Waals surface area contributed by atoms with Gasteiger partial charge in [0, 0.05) is 18.5 Å². The van der Waals surface area contributed by atoms with E-state index in [1.54, 1.807) is 6.92 Å². The van der Waals surface area contributed by atoms with Gasteiger partial charge in [0.25, 0.3) is 5.69 Å². The molecule has 0 bridgehead atoms. The van der Waals surface area contributed by atoms with E-state index in [-0.39, 0.29) is 28.8 Å². The molecule has 0 aliphatic heterocycles. The highest BCUT2D eigenvalue weighted by Gasteiger charge is 2.19. The van der Waals surface area contributed by atoms with Crippen LogP contribution >= 0.6 is 0 Å². The summed E-state index contributed by atoms with van der Waals surface area (Å²) < 4.78 is 0. The van der Waals surface area contributed by atoms with Crippen LogP contribution in [-0.4, -0.2) is 23.9 Å². The molecule has 7 nitrogen and oxygen atoms in total. The van der Waals surface area contributed by atoms with E-state index in [9.17, 15) is 14.9 Å². The second-order valence-corrected chi connectivity index (χ2v) is 4.30. The second kappa shape index (κ2) is 7.21. The lowest BCUT2D eigenvalue weighted by molar-refractivity contribution is -0.384. The first-order valence-corrected chi connectivity index (χ1v) is 6.19. The van der Waals surface area contributed by atoms with Gasteiger partial charge >= 0.3 is 0 Å². The Morgan fingerprint density at radius 3 is 2.80 bits per heavy atom. The molecule has 1 aromatic rings. The average Bonchev–Trinajstić information content (AvgIpc) is 2.44. The second-order valence-electron chi connectivity index (χ2n) is 4.30. The lowest BCUT2D eigenvalue weighted by Gasteiger charge is -2.12. The first-order chi connectivity index (χ1) is 9.49. The quantitative estimate of drug-likeness (QED) is 0.606. The Balaban J connectivity index is 2.89. The molecule has 0 fully saturated rings. The van der Waals surface area contributed by atoms with Crippen LogP contribution in [0.5, 0.6) is 0 Å². The molecule has 0 spiro atoms. The maximum atomic E-state index is 11.9. The molecule has 1 rings (SSSR count). The van der Waals surface area contributed by atoms with Gasteiger partial charge in [0.05, 0.1) is 16.6 Å². The Labute approximate surface area is 116 Å². The highest BCUT2D eigenvalue weighted by molar-refractivity contribution is 5.94. The predicted molar refractivity (Wildman–Crippen MR) is 74.1 cm³/mol. The van der Waals surface area contributed by atoms with Crippen LogP contribution < -0.4 is 10.6 Å². The van der Waals surface area contributed by atoms with Crippen molar-refractivity contribution in [3.8, 4) is 6.07 Å². The van der Waals surface area contributed by atoms with Gasteiger partial charge in [-0.3, -0.25) is 14.9 Å². The molecular weight excluding hydrogens is 260 g/mol. The summed E-state index contributed by atoms with van der Waals surface area (Å²) in [5.41, 5.74) is -0.00852. The third-order valence-corrected chi connectivity index (χ3v) is 2.73. The predicted octanol–water partition coefficient (Wildman–Crippen LogP) is 1.65. The van der Waals surface area contributed by atoms with E-state index in [4.69, 9.17) is 5.26 Å². The molecule has 0 aromatic heterocycles. The van der Waals surface area contributed by atoms with E-state index >= 15 is 0 Å². The third-order valence-electron chi connectivity index (χ3n) is 2.73. The number of nitro benzene ring substituents is 1. The fourth-order valence-electron chi connectivity index (χ4n) is 1.57. The standard InChI is InChI=1S/C13H16N4O3/c1-3-15-8-9(2)13(18)16-11-5-4-10(7-14)6-12(11)17(19)20/h4-6,9,15H,3,8H2,1-2H3,(H,16,18). The van der Waals surface area contributed by atoms with Crippen LogP contribution in [0, 0.1) is 27.4 Å². The van der Waals surface area contributed by atoms with Crippen molar-refractivity contribution in [1.82, 2.24) is 5.32 Å². The first kappa shape index (κ1) is 15.6. The van der Waals surface area contributed by atoms with Crippen LogP contribution in [0.25, 0.3) is 0 Å². The van der Waals surface area contributed by atoms with Crippen molar-refractivity contribution in [3.05, 3.63) is 33.9 Å². The molecule has 7 heteroatoms. The van der Waals surface area contributed by atoms with Crippen molar-refractivity contribution in [3.63, 3.8) is 0 Å². The topological polar surface area (TPSA) is 108 Å². The number of hydrogen-bond acceptors (Lipinski definition) is 5. The van der Waals surface area contributed by atoms with Crippen molar-refractivity contribution in [2.75, 3.05) is 18.4 Å². The SMILES string of the molecule is CCNCC(C)C(=O)Nc1ccc(C#N)cc1[N+](=O)[O-]. The maximum absolute atomic E-state index is 11.9. The number of carbonyl (C=O) groups excluding carboxylic acids is 1. The summed E-state index contributed by atoms with van der Waals surface area (Å²) >= 11 is 0. The van der Waals surface area contributed by atoms with Gasteiger partial charge in [0.2, 0.25) is 5.91 Å². The number of rotatable bonds is 6. The normalized spacial score (nSPS) is 11.4. The summed E-state index contributed by atoms with van der Waals surface area (Å²) in [4.78, 5) is 22.2. The van der Waals surface area contributed by atoms with Crippen molar-refractivity contribution in [2.45, 2.75) is 13.8 Å². The maximum Gasteiger partial charge on any atom is 0.294 e. The lowest BCUT2D eigenvalue weighted by Crippen LogP contribution is -2.30. The summed E-state index contributed by atoms with van der Waals surface area (Å²) in [5.74, 6) is -0.621. The minimum atomic E-state index is -0.620. The number of nitro groups is 1. The van der Waals surface area contributed by atoms with Crippen LogP contribution in [-0.2, 0) is 4.79 Å². The first-order valence-electron chi connectivity index (χ1n) is 6.19. The van der Waals surface area contributed by atoms with Crippen LogP contribution in [0.3, 0.4) is 0 Å². The van der Waals surface area contributed by atoms with Gasteiger partial charge in [-0.25, -0.2) is 0 Å². The molecule has 0 saturated heterocycles. The van der Waals surface area contributed by atoms with Gasteiger partial charge in [0.1, 0.15) is 5.69 Å². The number of benzene rings is 1. The minimum Gasteiger partial charge on any atom is -0.320 e. The molecular formula is C13H16N4O3. The van der Waals surface area contributed by atoms with Crippen LogP contribution in [0.2, 0.25) is 0 Å². The van der Waals surface area contributed by atoms with Crippen molar-refractivity contribution in [2.24, 2.45) is 5.92 Å². The fraction of sp³-hybridized carbons (Fsp3) is 0.385. The Morgan fingerprint density at radius 2 is 2.25 bits per heavy atom. The molecule has 2 N–H and O–H groups in total. The number of nitrogens with one attached hydrogen (secondary N) is 2. The van der Waals surface area contributed by atoms with Crippen molar-refractivity contribution in [1.29, 1.82) is 5.26 Å². The van der Waals surface area contributed by atoms with Crippen molar-refractivity contribution < 1.29 is 9.72 Å². The molecule has 1 aromatic carbocycles. The zero-order valence-corrected chi connectivity index (χ0v) is 11.3. The van der Waals surface area contributed by atoms with E-state index in [0.717, 1.165) is 12.6 Å². The Morgan fingerprint density at radius 1 is 1.55 bits per heavy atom. The molecule has 1 unspecified atom stereocenters. The molecule has 106 valence electrons. The Bertz CT molecular complexity index is 551. The molecule has 0 heterocycles. The molecule has 0 saturated carbocycles. The lowest BCUT2D eigenvalue weighted by atomic mass is 10.1. The Hall–Kier alpha value is -2.46. The molecule has 1 atom stereocenters. The van der Waals surface area contributed by atoms with Crippen LogP contribution in [0.1, 0.15) is 19.4 Å². The minimum absolute atomic E-state index is 0.0994. The van der Waals surface area contributed by atoms with E-state index in [2.05, 4.69) is 10.6 Å². The summed E-state index contributed by atoms with van der Waals surface area (Å²) in [6.07, 6.45) is 0. The number of nitriles is 1. The fourth-order valence-corrected chi connectivity index (χ4v) is 1.57. The van der Waals surface area contributed by atoms with Crippen molar-refractivity contribution >= 4 is 17.3 Å².